The second kappa shape index (κ2) is 6.03. The first-order valence-electron chi connectivity index (χ1n) is 7.18. The zero-order chi connectivity index (χ0) is 14.7. The number of anilines is 3. The van der Waals surface area contributed by atoms with Crippen molar-refractivity contribution in [3.63, 3.8) is 0 Å². The molecule has 1 unspecified atom stereocenters. The van der Waals surface area contributed by atoms with E-state index < -0.39 is 0 Å². The number of aromatic nitrogens is 3. The van der Waals surface area contributed by atoms with Gasteiger partial charge >= 0.3 is 0 Å². The molecule has 21 heavy (non-hydrogen) atoms. The summed E-state index contributed by atoms with van der Waals surface area (Å²) in [5.74, 6) is 1.56. The van der Waals surface area contributed by atoms with Gasteiger partial charge in [-0.3, -0.25) is 0 Å². The summed E-state index contributed by atoms with van der Waals surface area (Å²) in [6, 6.07) is 6.27. The first-order valence-corrected chi connectivity index (χ1v) is 7.18. The zero-order valence-electron chi connectivity index (χ0n) is 12.0. The third-order valence-corrected chi connectivity index (χ3v) is 3.58. The molecule has 2 aromatic rings. The van der Waals surface area contributed by atoms with Gasteiger partial charge in [0.05, 0.1) is 6.20 Å². The number of piperidine rings is 1. The van der Waals surface area contributed by atoms with Crippen molar-refractivity contribution in [2.45, 2.75) is 19.8 Å². The number of halogens is 1. The van der Waals surface area contributed by atoms with Gasteiger partial charge in [-0.05, 0) is 37.0 Å². The maximum Gasteiger partial charge on any atom is 0.247 e. The molecule has 2 heterocycles. The highest BCUT2D eigenvalue weighted by molar-refractivity contribution is 5.56. The van der Waals surface area contributed by atoms with Crippen LogP contribution in [0.5, 0.6) is 0 Å². The summed E-state index contributed by atoms with van der Waals surface area (Å²) in [4.78, 5) is 6.63. The summed E-state index contributed by atoms with van der Waals surface area (Å²) in [6.07, 6.45) is 3.93. The van der Waals surface area contributed by atoms with Gasteiger partial charge in [-0.25, -0.2) is 4.39 Å². The minimum atomic E-state index is -0.285. The molecule has 1 saturated heterocycles. The van der Waals surface area contributed by atoms with Gasteiger partial charge in [-0.2, -0.15) is 10.1 Å². The van der Waals surface area contributed by atoms with E-state index in [4.69, 9.17) is 0 Å². The van der Waals surface area contributed by atoms with Crippen LogP contribution in [-0.2, 0) is 0 Å². The third-order valence-electron chi connectivity index (χ3n) is 3.58. The van der Waals surface area contributed by atoms with Crippen molar-refractivity contribution in [1.82, 2.24) is 15.2 Å². The van der Waals surface area contributed by atoms with Gasteiger partial charge in [0.2, 0.25) is 5.95 Å². The summed E-state index contributed by atoms with van der Waals surface area (Å²) in [7, 11) is 0. The Labute approximate surface area is 123 Å². The largest absolute Gasteiger partial charge is 0.339 e. The van der Waals surface area contributed by atoms with Gasteiger partial charge < -0.3 is 10.2 Å². The highest BCUT2D eigenvalue weighted by Crippen LogP contribution is 2.21. The van der Waals surface area contributed by atoms with E-state index in [-0.39, 0.29) is 5.82 Å². The smallest absolute Gasteiger partial charge is 0.247 e. The average Bonchev–Trinajstić information content (AvgIpc) is 2.47. The zero-order valence-corrected chi connectivity index (χ0v) is 12.0. The molecule has 3 rings (SSSR count). The van der Waals surface area contributed by atoms with Gasteiger partial charge in [-0.15, -0.1) is 5.10 Å². The molecule has 6 heteroatoms. The minimum Gasteiger partial charge on any atom is -0.339 e. The normalized spacial score (nSPS) is 18.6. The number of hydrogen-bond acceptors (Lipinski definition) is 5. The Morgan fingerprint density at radius 1 is 1.38 bits per heavy atom. The second-order valence-electron chi connectivity index (χ2n) is 5.47. The Kier molecular flexibility index (Phi) is 3.94. The summed E-state index contributed by atoms with van der Waals surface area (Å²) < 4.78 is 13.2. The summed E-state index contributed by atoms with van der Waals surface area (Å²) in [6.45, 7) is 4.13. The van der Waals surface area contributed by atoms with Gasteiger partial charge in [0.15, 0.2) is 5.82 Å². The van der Waals surface area contributed by atoms with Crippen molar-refractivity contribution in [3.05, 3.63) is 36.3 Å². The number of nitrogens with zero attached hydrogens (tertiary/aromatic N) is 4. The Bertz CT molecular complexity index is 619. The Balaban J connectivity index is 1.76. The van der Waals surface area contributed by atoms with Crippen molar-refractivity contribution < 1.29 is 4.39 Å². The van der Waals surface area contributed by atoms with Crippen LogP contribution in [0.3, 0.4) is 0 Å². The van der Waals surface area contributed by atoms with Crippen molar-refractivity contribution >= 4 is 17.5 Å². The molecular weight excluding hydrogens is 269 g/mol. The lowest BCUT2D eigenvalue weighted by Gasteiger charge is -2.30. The van der Waals surface area contributed by atoms with Gasteiger partial charge in [0.1, 0.15) is 5.82 Å². The molecule has 0 spiro atoms. The molecule has 1 aromatic carbocycles. The molecule has 110 valence electrons. The SMILES string of the molecule is CC1CCCN(c2nncc(Nc3cccc(F)c3)n2)C1. The number of nitrogens with one attached hydrogen (secondary N) is 1. The summed E-state index contributed by atoms with van der Waals surface area (Å²) >= 11 is 0. The van der Waals surface area contributed by atoms with Crippen LogP contribution in [0.1, 0.15) is 19.8 Å². The summed E-state index contributed by atoms with van der Waals surface area (Å²) in [5, 5.41) is 11.2. The van der Waals surface area contributed by atoms with Crippen LogP contribution in [0.15, 0.2) is 30.5 Å². The first-order chi connectivity index (χ1) is 10.2. The minimum absolute atomic E-state index is 0.285. The van der Waals surface area contributed by atoms with Crippen molar-refractivity contribution in [3.8, 4) is 0 Å². The number of benzene rings is 1. The Morgan fingerprint density at radius 2 is 2.29 bits per heavy atom. The lowest BCUT2D eigenvalue weighted by Crippen LogP contribution is -2.35. The van der Waals surface area contributed by atoms with E-state index in [2.05, 4.69) is 32.3 Å². The lowest BCUT2D eigenvalue weighted by molar-refractivity contribution is 0.441. The van der Waals surface area contributed by atoms with E-state index in [1.165, 1.54) is 18.6 Å². The fraction of sp³-hybridized carbons (Fsp3) is 0.400. The topological polar surface area (TPSA) is 53.9 Å². The Hall–Kier alpha value is -2.24. The quantitative estimate of drug-likeness (QED) is 0.940. The molecule has 0 bridgehead atoms. The third kappa shape index (κ3) is 3.45. The van der Waals surface area contributed by atoms with Crippen LogP contribution >= 0.6 is 0 Å². The molecule has 5 nitrogen and oxygen atoms in total. The van der Waals surface area contributed by atoms with E-state index in [0.717, 1.165) is 19.5 Å². The molecule has 1 aliphatic heterocycles. The standard InChI is InChI=1S/C15H18FN5/c1-11-4-3-7-21(10-11)15-19-14(9-17-20-15)18-13-6-2-5-12(16)8-13/h2,5-6,8-9,11H,3-4,7,10H2,1H3,(H,18,19,20). The maximum absolute atomic E-state index is 13.2. The number of rotatable bonds is 3. The molecule has 0 saturated carbocycles. The number of hydrogen-bond donors (Lipinski definition) is 1. The molecule has 0 radical (unpaired) electrons. The fourth-order valence-corrected chi connectivity index (χ4v) is 2.57. The van der Waals surface area contributed by atoms with Crippen LogP contribution in [0.2, 0.25) is 0 Å². The van der Waals surface area contributed by atoms with Gasteiger partial charge in [-0.1, -0.05) is 13.0 Å². The van der Waals surface area contributed by atoms with E-state index in [1.807, 2.05) is 0 Å². The molecule has 1 aliphatic rings. The van der Waals surface area contributed by atoms with Crippen molar-refractivity contribution in [2.75, 3.05) is 23.3 Å². The van der Waals surface area contributed by atoms with E-state index in [1.54, 1.807) is 18.3 Å². The van der Waals surface area contributed by atoms with Crippen LogP contribution in [0.25, 0.3) is 0 Å². The van der Waals surface area contributed by atoms with Crippen LogP contribution in [0, 0.1) is 11.7 Å². The highest BCUT2D eigenvalue weighted by Gasteiger charge is 2.19. The maximum atomic E-state index is 13.2. The predicted octanol–water partition coefficient (Wildman–Crippen LogP) is 2.99. The van der Waals surface area contributed by atoms with Crippen LogP contribution in [0.4, 0.5) is 21.8 Å². The van der Waals surface area contributed by atoms with E-state index >= 15 is 0 Å². The fourth-order valence-electron chi connectivity index (χ4n) is 2.57. The van der Waals surface area contributed by atoms with E-state index in [9.17, 15) is 4.39 Å². The first kappa shape index (κ1) is 13.7. The highest BCUT2D eigenvalue weighted by atomic mass is 19.1. The monoisotopic (exact) mass is 287 g/mol. The van der Waals surface area contributed by atoms with Crippen molar-refractivity contribution in [1.29, 1.82) is 0 Å². The predicted molar refractivity (Wildman–Crippen MR) is 80.1 cm³/mol. The molecule has 0 aliphatic carbocycles. The Morgan fingerprint density at radius 3 is 3.10 bits per heavy atom. The second-order valence-corrected chi connectivity index (χ2v) is 5.47. The van der Waals surface area contributed by atoms with Gasteiger partial charge in [0, 0.05) is 18.8 Å². The molecule has 1 N–H and O–H groups in total. The van der Waals surface area contributed by atoms with E-state index in [0.29, 0.717) is 23.4 Å². The van der Waals surface area contributed by atoms with Crippen molar-refractivity contribution in [2.24, 2.45) is 5.92 Å². The van der Waals surface area contributed by atoms with Gasteiger partial charge in [0.25, 0.3) is 0 Å². The molecule has 1 aromatic heterocycles. The molecular formula is C15H18FN5. The molecule has 1 atom stereocenters. The molecule has 1 fully saturated rings. The average molecular weight is 287 g/mol. The van der Waals surface area contributed by atoms with Crippen LogP contribution < -0.4 is 10.2 Å². The van der Waals surface area contributed by atoms with Crippen LogP contribution in [-0.4, -0.2) is 28.3 Å². The lowest BCUT2D eigenvalue weighted by atomic mass is 10.0. The molecule has 0 amide bonds. The summed E-state index contributed by atoms with van der Waals surface area (Å²) in [5.41, 5.74) is 0.647.